The Bertz CT molecular complexity index is 692. The third-order valence-corrected chi connectivity index (χ3v) is 5.01. The zero-order valence-electron chi connectivity index (χ0n) is 12.4. The topological polar surface area (TPSA) is 39.4 Å². The van der Waals surface area contributed by atoms with Crippen LogP contribution in [0.3, 0.4) is 0 Å². The van der Waals surface area contributed by atoms with E-state index in [0.717, 1.165) is 27.8 Å². The zero-order valence-corrected chi connectivity index (χ0v) is 12.4. The SMILES string of the molecule is Cc1coc2ccc3c(c12)OC(C1CCCCC1)CC3=O. The number of furan rings is 1. The van der Waals surface area contributed by atoms with Crippen molar-refractivity contribution in [3.8, 4) is 5.75 Å². The van der Waals surface area contributed by atoms with E-state index in [9.17, 15) is 4.79 Å². The third-order valence-electron chi connectivity index (χ3n) is 5.01. The highest BCUT2D eigenvalue weighted by atomic mass is 16.5. The maximum Gasteiger partial charge on any atom is 0.170 e. The predicted molar refractivity (Wildman–Crippen MR) is 80.9 cm³/mol. The van der Waals surface area contributed by atoms with Crippen molar-refractivity contribution in [1.82, 2.24) is 0 Å². The van der Waals surface area contributed by atoms with Gasteiger partial charge in [-0.3, -0.25) is 4.79 Å². The lowest BCUT2D eigenvalue weighted by atomic mass is 9.81. The van der Waals surface area contributed by atoms with Crippen LogP contribution in [0.5, 0.6) is 5.75 Å². The largest absolute Gasteiger partial charge is 0.488 e. The van der Waals surface area contributed by atoms with E-state index in [2.05, 4.69) is 0 Å². The summed E-state index contributed by atoms with van der Waals surface area (Å²) >= 11 is 0. The number of ketones is 1. The molecule has 2 aromatic rings. The highest BCUT2D eigenvalue weighted by Gasteiger charge is 2.34. The Labute approximate surface area is 124 Å². The molecule has 2 heterocycles. The summed E-state index contributed by atoms with van der Waals surface area (Å²) in [5, 5.41) is 0.973. The number of carbonyl (C=O) groups excluding carboxylic acids is 1. The van der Waals surface area contributed by atoms with Gasteiger partial charge in [-0.15, -0.1) is 0 Å². The summed E-state index contributed by atoms with van der Waals surface area (Å²) in [6, 6.07) is 3.73. The second kappa shape index (κ2) is 4.90. The number of carbonyl (C=O) groups is 1. The van der Waals surface area contributed by atoms with Crippen LogP contribution in [0.1, 0.15) is 54.4 Å². The molecule has 1 aliphatic carbocycles. The minimum Gasteiger partial charge on any atom is -0.488 e. The van der Waals surface area contributed by atoms with Crippen LogP contribution >= 0.6 is 0 Å². The Morgan fingerprint density at radius 3 is 2.76 bits per heavy atom. The van der Waals surface area contributed by atoms with E-state index >= 15 is 0 Å². The Morgan fingerprint density at radius 2 is 1.95 bits per heavy atom. The van der Waals surface area contributed by atoms with E-state index in [-0.39, 0.29) is 11.9 Å². The Morgan fingerprint density at radius 1 is 1.14 bits per heavy atom. The standard InChI is InChI=1S/C18H20O3/c1-11-10-20-15-8-7-13-14(19)9-16(21-18(13)17(11)15)12-5-3-2-4-6-12/h7-8,10,12,16H,2-6,9H2,1H3. The van der Waals surface area contributed by atoms with Crippen LogP contribution in [0.25, 0.3) is 11.0 Å². The van der Waals surface area contributed by atoms with Gasteiger partial charge >= 0.3 is 0 Å². The average molecular weight is 284 g/mol. The smallest absolute Gasteiger partial charge is 0.170 e. The van der Waals surface area contributed by atoms with Crippen molar-refractivity contribution in [2.75, 3.05) is 0 Å². The first kappa shape index (κ1) is 12.9. The second-order valence-electron chi connectivity index (χ2n) is 6.42. The quantitative estimate of drug-likeness (QED) is 0.764. The molecule has 1 atom stereocenters. The van der Waals surface area contributed by atoms with Gasteiger partial charge in [-0.2, -0.15) is 0 Å². The molecule has 110 valence electrons. The minimum atomic E-state index is 0.0465. The molecule has 0 bridgehead atoms. The van der Waals surface area contributed by atoms with Gasteiger partial charge in [0.2, 0.25) is 0 Å². The van der Waals surface area contributed by atoms with Crippen molar-refractivity contribution >= 4 is 16.8 Å². The lowest BCUT2D eigenvalue weighted by Gasteiger charge is -2.34. The number of Topliss-reactive ketones (excluding diaryl/α,β-unsaturated/α-hetero) is 1. The van der Waals surface area contributed by atoms with E-state index in [0.29, 0.717) is 12.3 Å². The van der Waals surface area contributed by atoms with E-state index in [4.69, 9.17) is 9.15 Å². The average Bonchev–Trinajstić information content (AvgIpc) is 2.90. The normalized spacial score (nSPS) is 23.1. The van der Waals surface area contributed by atoms with Gasteiger partial charge in [-0.25, -0.2) is 0 Å². The molecule has 0 amide bonds. The van der Waals surface area contributed by atoms with E-state index < -0.39 is 0 Å². The molecule has 1 unspecified atom stereocenters. The molecule has 0 radical (unpaired) electrons. The fraction of sp³-hybridized carbons (Fsp3) is 0.500. The highest BCUT2D eigenvalue weighted by Crippen LogP contribution is 2.41. The summed E-state index contributed by atoms with van der Waals surface area (Å²) in [6.07, 6.45) is 8.54. The van der Waals surface area contributed by atoms with Gasteiger partial charge < -0.3 is 9.15 Å². The molecule has 4 rings (SSSR count). The first-order valence-corrected chi connectivity index (χ1v) is 7.94. The van der Waals surface area contributed by atoms with Crippen molar-refractivity contribution in [2.24, 2.45) is 5.92 Å². The zero-order chi connectivity index (χ0) is 14.4. The Hall–Kier alpha value is -1.77. The molecule has 3 heteroatoms. The van der Waals surface area contributed by atoms with Gasteiger partial charge in [0.25, 0.3) is 0 Å². The molecule has 0 spiro atoms. The molecular weight excluding hydrogens is 264 g/mol. The van der Waals surface area contributed by atoms with Gasteiger partial charge in [0, 0.05) is 6.42 Å². The summed E-state index contributed by atoms with van der Waals surface area (Å²) in [4.78, 5) is 12.5. The molecule has 1 aromatic heterocycles. The van der Waals surface area contributed by atoms with Gasteiger partial charge in [0.15, 0.2) is 5.78 Å². The molecule has 2 aliphatic rings. The van der Waals surface area contributed by atoms with Crippen LogP contribution in [-0.2, 0) is 0 Å². The van der Waals surface area contributed by atoms with Crippen molar-refractivity contribution in [3.63, 3.8) is 0 Å². The number of hydrogen-bond donors (Lipinski definition) is 0. The maximum absolute atomic E-state index is 12.5. The molecule has 0 saturated heterocycles. The summed E-state index contributed by atoms with van der Waals surface area (Å²) in [7, 11) is 0. The molecule has 3 nitrogen and oxygen atoms in total. The van der Waals surface area contributed by atoms with Gasteiger partial charge in [0.1, 0.15) is 17.4 Å². The van der Waals surface area contributed by atoms with Crippen LogP contribution < -0.4 is 4.74 Å². The minimum absolute atomic E-state index is 0.0465. The van der Waals surface area contributed by atoms with Crippen molar-refractivity contribution in [3.05, 3.63) is 29.5 Å². The van der Waals surface area contributed by atoms with Gasteiger partial charge in [0.05, 0.1) is 17.2 Å². The Kier molecular flexibility index (Phi) is 3.02. The van der Waals surface area contributed by atoms with E-state index in [1.165, 1.54) is 32.1 Å². The van der Waals surface area contributed by atoms with Gasteiger partial charge in [-0.1, -0.05) is 19.3 Å². The lowest BCUT2D eigenvalue weighted by molar-refractivity contribution is 0.0663. The number of hydrogen-bond acceptors (Lipinski definition) is 3. The van der Waals surface area contributed by atoms with E-state index in [1.54, 1.807) is 6.26 Å². The van der Waals surface area contributed by atoms with Crippen LogP contribution in [0, 0.1) is 12.8 Å². The number of rotatable bonds is 1. The number of aryl methyl sites for hydroxylation is 1. The third kappa shape index (κ3) is 2.06. The summed E-state index contributed by atoms with van der Waals surface area (Å²) in [5.74, 6) is 1.50. The lowest BCUT2D eigenvalue weighted by Crippen LogP contribution is -2.35. The van der Waals surface area contributed by atoms with Crippen LogP contribution in [0.15, 0.2) is 22.8 Å². The number of ether oxygens (including phenoxy) is 1. The summed E-state index contributed by atoms with van der Waals surface area (Å²) in [6.45, 7) is 2.00. The summed E-state index contributed by atoms with van der Waals surface area (Å²) in [5.41, 5.74) is 2.57. The molecule has 1 fully saturated rings. The van der Waals surface area contributed by atoms with Crippen molar-refractivity contribution < 1.29 is 13.9 Å². The maximum atomic E-state index is 12.5. The number of fused-ring (bicyclic) bond motifs is 3. The molecular formula is C18H20O3. The van der Waals surface area contributed by atoms with E-state index in [1.807, 2.05) is 19.1 Å². The molecule has 1 aromatic carbocycles. The van der Waals surface area contributed by atoms with Crippen molar-refractivity contribution in [2.45, 2.75) is 51.6 Å². The molecule has 1 aliphatic heterocycles. The Balaban J connectivity index is 1.76. The monoisotopic (exact) mass is 284 g/mol. The first-order chi connectivity index (χ1) is 10.2. The molecule has 1 saturated carbocycles. The second-order valence-corrected chi connectivity index (χ2v) is 6.42. The van der Waals surface area contributed by atoms with Crippen LogP contribution in [-0.4, -0.2) is 11.9 Å². The highest BCUT2D eigenvalue weighted by molar-refractivity contribution is 6.06. The van der Waals surface area contributed by atoms with Crippen LogP contribution in [0.2, 0.25) is 0 Å². The number of benzene rings is 1. The fourth-order valence-electron chi connectivity index (χ4n) is 3.84. The van der Waals surface area contributed by atoms with Crippen LogP contribution in [0.4, 0.5) is 0 Å². The predicted octanol–water partition coefficient (Wildman–Crippen LogP) is 4.66. The van der Waals surface area contributed by atoms with Crippen molar-refractivity contribution in [1.29, 1.82) is 0 Å². The fourth-order valence-corrected chi connectivity index (χ4v) is 3.84. The first-order valence-electron chi connectivity index (χ1n) is 7.94. The molecule has 0 N–H and O–H groups in total. The molecule has 21 heavy (non-hydrogen) atoms. The van der Waals surface area contributed by atoms with Gasteiger partial charge in [-0.05, 0) is 43.4 Å². The summed E-state index contributed by atoms with van der Waals surface area (Å²) < 4.78 is 11.9.